The summed E-state index contributed by atoms with van der Waals surface area (Å²) < 4.78 is 0. The highest BCUT2D eigenvalue weighted by molar-refractivity contribution is 8.03. The van der Waals surface area contributed by atoms with Crippen molar-refractivity contribution < 1.29 is 0 Å². The second kappa shape index (κ2) is 5.15. The van der Waals surface area contributed by atoms with Crippen LogP contribution in [-0.4, -0.2) is 13.5 Å². The van der Waals surface area contributed by atoms with Crippen molar-refractivity contribution in [2.75, 3.05) is 5.65 Å². The Bertz CT molecular complexity index is 42.8. The average Bonchev–Trinajstić information content (AvgIpc) is 1.61. The molecule has 0 aromatic carbocycles. The molecule has 0 unspecified atom stereocenters. The van der Waals surface area contributed by atoms with Crippen molar-refractivity contribution in [1.82, 2.24) is 0 Å². The minimum Gasteiger partial charge on any atom is -0.144 e. The fourth-order valence-corrected chi connectivity index (χ4v) is 0.455. The van der Waals surface area contributed by atoms with E-state index in [-0.39, 0.29) is 0 Å². The van der Waals surface area contributed by atoms with E-state index in [1.54, 1.807) is 11.8 Å². The van der Waals surface area contributed by atoms with Crippen molar-refractivity contribution in [1.29, 1.82) is 0 Å². The number of thioether (sulfide) groups is 1. The largest absolute Gasteiger partial charge is 0.144 e. The molecular formula is C4H7BS. The van der Waals surface area contributed by atoms with E-state index in [1.165, 1.54) is 0 Å². The van der Waals surface area contributed by atoms with E-state index >= 15 is 0 Å². The van der Waals surface area contributed by atoms with Crippen molar-refractivity contribution >= 4 is 19.6 Å². The highest BCUT2D eigenvalue weighted by Gasteiger charge is 1.64. The van der Waals surface area contributed by atoms with Gasteiger partial charge in [-0.2, -0.15) is 0 Å². The molecule has 32 valence electrons. The molecule has 6 heavy (non-hydrogen) atoms. The Morgan fingerprint density at radius 3 is 2.67 bits per heavy atom. The van der Waals surface area contributed by atoms with Crippen molar-refractivity contribution in [3.63, 3.8) is 0 Å². The van der Waals surface area contributed by atoms with Gasteiger partial charge in [0.1, 0.15) is 0 Å². The van der Waals surface area contributed by atoms with E-state index in [0.29, 0.717) is 5.65 Å². The third kappa shape index (κ3) is 4.15. The third-order valence-corrected chi connectivity index (χ3v) is 0.986. The van der Waals surface area contributed by atoms with Crippen molar-refractivity contribution in [2.45, 2.75) is 6.92 Å². The standard InChI is InChI=1S/C4H7BS/c1-2-3-6-4-5/h2-3H,4H2,1H3/b3-2+. The summed E-state index contributed by atoms with van der Waals surface area (Å²) in [5, 5.41) is 1.97. The molecule has 0 aromatic heterocycles. The van der Waals surface area contributed by atoms with Crippen LogP contribution in [0.2, 0.25) is 0 Å². The highest BCUT2D eigenvalue weighted by atomic mass is 32.2. The monoisotopic (exact) mass is 98.0 g/mol. The molecule has 0 aliphatic carbocycles. The van der Waals surface area contributed by atoms with Gasteiger partial charge in [-0.25, -0.2) is 0 Å². The fraction of sp³-hybridized carbons (Fsp3) is 0.500. The van der Waals surface area contributed by atoms with Crippen LogP contribution in [0.3, 0.4) is 0 Å². The molecule has 0 rings (SSSR count). The molecular weight excluding hydrogens is 90.9 g/mol. The van der Waals surface area contributed by atoms with Gasteiger partial charge in [-0.05, 0) is 18.0 Å². The van der Waals surface area contributed by atoms with Crippen molar-refractivity contribution in [2.24, 2.45) is 0 Å². The molecule has 0 saturated heterocycles. The van der Waals surface area contributed by atoms with Gasteiger partial charge in [0.25, 0.3) is 0 Å². The quantitative estimate of drug-likeness (QED) is 0.470. The molecule has 0 N–H and O–H groups in total. The fourth-order valence-electron chi connectivity index (χ4n) is 0.152. The predicted molar refractivity (Wildman–Crippen MR) is 33.0 cm³/mol. The van der Waals surface area contributed by atoms with E-state index in [1.807, 2.05) is 18.4 Å². The van der Waals surface area contributed by atoms with E-state index < -0.39 is 0 Å². The summed E-state index contributed by atoms with van der Waals surface area (Å²) in [4.78, 5) is 0. The molecule has 0 aliphatic heterocycles. The Kier molecular flexibility index (Phi) is 5.29. The SMILES string of the molecule is [B]CS/C=C/C. The maximum absolute atomic E-state index is 5.13. The Balaban J connectivity index is 2.66. The van der Waals surface area contributed by atoms with Gasteiger partial charge in [-0.15, -0.1) is 11.8 Å². The molecule has 2 radical (unpaired) electrons. The van der Waals surface area contributed by atoms with Gasteiger partial charge in [0, 0.05) is 0 Å². The maximum atomic E-state index is 5.13. The second-order valence-corrected chi connectivity index (χ2v) is 1.74. The zero-order valence-corrected chi connectivity index (χ0v) is 4.66. The molecule has 0 aromatic rings. The number of allylic oxidation sites excluding steroid dienone is 1. The van der Waals surface area contributed by atoms with E-state index in [4.69, 9.17) is 7.85 Å². The van der Waals surface area contributed by atoms with Gasteiger partial charge < -0.3 is 0 Å². The summed E-state index contributed by atoms with van der Waals surface area (Å²) in [6, 6.07) is 0. The minimum atomic E-state index is 0.685. The van der Waals surface area contributed by atoms with Crippen LogP contribution in [0.4, 0.5) is 0 Å². The lowest BCUT2D eigenvalue weighted by Crippen LogP contribution is -1.64. The van der Waals surface area contributed by atoms with Gasteiger partial charge in [0.05, 0.1) is 7.85 Å². The first-order valence-corrected chi connectivity index (χ1v) is 2.89. The van der Waals surface area contributed by atoms with Crippen molar-refractivity contribution in [3.8, 4) is 0 Å². The topological polar surface area (TPSA) is 0 Å². The first-order chi connectivity index (χ1) is 2.91. The van der Waals surface area contributed by atoms with Crippen molar-refractivity contribution in [3.05, 3.63) is 11.5 Å². The smallest absolute Gasteiger partial charge is 0.0803 e. The number of hydrogen-bond acceptors (Lipinski definition) is 1. The third-order valence-electron chi connectivity index (χ3n) is 0.329. The molecule has 0 fully saturated rings. The Morgan fingerprint density at radius 2 is 2.50 bits per heavy atom. The molecule has 2 heteroatoms. The summed E-state index contributed by atoms with van der Waals surface area (Å²) in [5.41, 5.74) is 0.685. The summed E-state index contributed by atoms with van der Waals surface area (Å²) in [7, 11) is 5.13. The summed E-state index contributed by atoms with van der Waals surface area (Å²) in [6.45, 7) is 1.97. The number of hydrogen-bond donors (Lipinski definition) is 0. The van der Waals surface area contributed by atoms with Crippen LogP contribution >= 0.6 is 11.8 Å². The Hall–Kier alpha value is 0.155. The molecule has 0 nitrogen and oxygen atoms in total. The molecule has 0 heterocycles. The molecule has 0 aliphatic rings. The summed E-state index contributed by atoms with van der Waals surface area (Å²) in [6.07, 6.45) is 1.97. The highest BCUT2D eigenvalue weighted by Crippen LogP contribution is 1.95. The van der Waals surface area contributed by atoms with E-state index in [9.17, 15) is 0 Å². The molecule has 0 spiro atoms. The van der Waals surface area contributed by atoms with Crippen LogP contribution in [0.1, 0.15) is 6.92 Å². The zero-order chi connectivity index (χ0) is 4.83. The lowest BCUT2D eigenvalue weighted by atomic mass is 10.2. The van der Waals surface area contributed by atoms with Gasteiger partial charge in [-0.3, -0.25) is 0 Å². The maximum Gasteiger partial charge on any atom is 0.0803 e. The van der Waals surface area contributed by atoms with Crippen LogP contribution in [0, 0.1) is 0 Å². The molecule has 0 bridgehead atoms. The van der Waals surface area contributed by atoms with Gasteiger partial charge in [0.2, 0.25) is 0 Å². The molecule has 0 amide bonds. The first-order valence-electron chi connectivity index (χ1n) is 1.84. The Labute approximate surface area is 44.4 Å². The van der Waals surface area contributed by atoms with Crippen LogP contribution < -0.4 is 0 Å². The lowest BCUT2D eigenvalue weighted by Gasteiger charge is -1.77. The summed E-state index contributed by atoms with van der Waals surface area (Å²) >= 11 is 1.61. The van der Waals surface area contributed by atoms with Crippen LogP contribution in [0.5, 0.6) is 0 Å². The number of rotatable bonds is 2. The van der Waals surface area contributed by atoms with Crippen LogP contribution in [-0.2, 0) is 0 Å². The van der Waals surface area contributed by atoms with Gasteiger partial charge in [0.15, 0.2) is 0 Å². The average molecular weight is 98.0 g/mol. The van der Waals surface area contributed by atoms with Gasteiger partial charge >= 0.3 is 0 Å². The molecule has 0 saturated carbocycles. The van der Waals surface area contributed by atoms with E-state index in [2.05, 4.69) is 0 Å². The predicted octanol–water partition coefficient (Wildman–Crippen LogP) is 1.38. The minimum absolute atomic E-state index is 0.685. The zero-order valence-electron chi connectivity index (χ0n) is 3.85. The normalized spacial score (nSPS) is 10.2. The Morgan fingerprint density at radius 1 is 1.83 bits per heavy atom. The van der Waals surface area contributed by atoms with Crippen LogP contribution in [0.25, 0.3) is 0 Å². The van der Waals surface area contributed by atoms with Gasteiger partial charge in [-0.1, -0.05) is 6.08 Å². The first kappa shape index (κ1) is 6.15. The van der Waals surface area contributed by atoms with E-state index in [0.717, 1.165) is 0 Å². The molecule has 0 atom stereocenters. The second-order valence-electron chi connectivity index (χ2n) is 0.803. The summed E-state index contributed by atoms with van der Waals surface area (Å²) in [5.74, 6) is 0. The van der Waals surface area contributed by atoms with Crippen LogP contribution in [0.15, 0.2) is 11.5 Å². The lowest BCUT2D eigenvalue weighted by molar-refractivity contribution is 1.79.